The van der Waals surface area contributed by atoms with Gasteiger partial charge in [0.25, 0.3) is 0 Å². The summed E-state index contributed by atoms with van der Waals surface area (Å²) in [7, 11) is 0. The molecule has 2 aliphatic rings. The molecule has 154 valence electrons. The Labute approximate surface area is 174 Å². The quantitative estimate of drug-likeness (QED) is 0.710. The average Bonchev–Trinajstić information content (AvgIpc) is 3.30. The molecule has 0 fully saturated rings. The van der Waals surface area contributed by atoms with Crippen LogP contribution < -0.4 is 9.47 Å². The number of carboxylic acids is 2. The molecule has 2 aromatic carbocycles. The van der Waals surface area contributed by atoms with E-state index >= 15 is 0 Å². The van der Waals surface area contributed by atoms with Crippen LogP contribution in [0.15, 0.2) is 48.6 Å². The van der Waals surface area contributed by atoms with E-state index in [1.54, 1.807) is 12.1 Å². The standard InChI is InChI=1S/C24H22O6/c1-11(2)19-9-13-5-15(23(25)26)7-17(21(13)29-19)18-8-16(24(27)28)6-14-10-20(12(3)4)30-22(14)18/h5-8,19-20H,1,3,9-10H2,2,4H3,(H,25,26)(H,27,28)/t19-,20-/m0/s1. The SMILES string of the molecule is C=C(C)[C@@H]1Cc2cc(C(=O)O)cc(-c3cc(C(=O)O)cc4c3O[C@H](C(=C)C)C4)c2O1. The van der Waals surface area contributed by atoms with Crippen LogP contribution in [-0.4, -0.2) is 34.4 Å². The molecule has 30 heavy (non-hydrogen) atoms. The molecule has 6 nitrogen and oxygen atoms in total. The van der Waals surface area contributed by atoms with Crippen molar-refractivity contribution >= 4 is 11.9 Å². The number of carbonyl (C=O) groups is 2. The molecule has 6 heteroatoms. The smallest absolute Gasteiger partial charge is 0.335 e. The fourth-order valence-corrected chi connectivity index (χ4v) is 3.92. The highest BCUT2D eigenvalue weighted by Gasteiger charge is 2.33. The van der Waals surface area contributed by atoms with E-state index in [1.165, 1.54) is 12.1 Å². The number of carboxylic acid groups (broad SMARTS) is 2. The van der Waals surface area contributed by atoms with Crippen LogP contribution in [0.2, 0.25) is 0 Å². The Morgan fingerprint density at radius 3 is 1.47 bits per heavy atom. The number of aromatic carboxylic acids is 2. The van der Waals surface area contributed by atoms with Gasteiger partial charge in [-0.2, -0.15) is 0 Å². The number of fused-ring (bicyclic) bond motifs is 2. The van der Waals surface area contributed by atoms with Crippen molar-refractivity contribution in [3.8, 4) is 22.6 Å². The molecule has 0 saturated heterocycles. The van der Waals surface area contributed by atoms with Gasteiger partial charge in [-0.3, -0.25) is 0 Å². The van der Waals surface area contributed by atoms with Crippen LogP contribution in [0.25, 0.3) is 11.1 Å². The topological polar surface area (TPSA) is 93.1 Å². The highest BCUT2D eigenvalue weighted by Crippen LogP contribution is 2.48. The first-order valence-corrected chi connectivity index (χ1v) is 9.60. The van der Waals surface area contributed by atoms with Crippen LogP contribution in [0.3, 0.4) is 0 Å². The van der Waals surface area contributed by atoms with E-state index in [-0.39, 0.29) is 23.3 Å². The zero-order valence-electron chi connectivity index (χ0n) is 16.8. The predicted molar refractivity (Wildman–Crippen MR) is 112 cm³/mol. The van der Waals surface area contributed by atoms with E-state index < -0.39 is 11.9 Å². The van der Waals surface area contributed by atoms with Crippen molar-refractivity contribution in [2.45, 2.75) is 38.9 Å². The van der Waals surface area contributed by atoms with Crippen molar-refractivity contribution in [3.63, 3.8) is 0 Å². The van der Waals surface area contributed by atoms with E-state index in [9.17, 15) is 19.8 Å². The van der Waals surface area contributed by atoms with Crippen LogP contribution in [0, 0.1) is 0 Å². The molecule has 0 bridgehead atoms. The zero-order chi connectivity index (χ0) is 21.7. The fourth-order valence-electron chi connectivity index (χ4n) is 3.92. The molecular weight excluding hydrogens is 384 g/mol. The number of hydrogen-bond acceptors (Lipinski definition) is 4. The van der Waals surface area contributed by atoms with Gasteiger partial charge in [0.2, 0.25) is 0 Å². The molecule has 0 unspecified atom stereocenters. The monoisotopic (exact) mass is 406 g/mol. The van der Waals surface area contributed by atoms with E-state index in [1.807, 2.05) is 13.8 Å². The van der Waals surface area contributed by atoms with Gasteiger partial charge >= 0.3 is 11.9 Å². The van der Waals surface area contributed by atoms with Gasteiger partial charge in [-0.1, -0.05) is 13.2 Å². The van der Waals surface area contributed by atoms with Gasteiger partial charge in [-0.15, -0.1) is 0 Å². The first kappa shape index (κ1) is 19.8. The van der Waals surface area contributed by atoms with Gasteiger partial charge in [0, 0.05) is 24.0 Å². The highest BCUT2D eigenvalue weighted by atomic mass is 16.5. The maximum absolute atomic E-state index is 11.8. The van der Waals surface area contributed by atoms with Crippen molar-refractivity contribution in [2.24, 2.45) is 0 Å². The Kier molecular flexibility index (Phi) is 4.65. The Balaban J connectivity index is 1.96. The zero-order valence-corrected chi connectivity index (χ0v) is 16.8. The second kappa shape index (κ2) is 7.06. The lowest BCUT2D eigenvalue weighted by Crippen LogP contribution is -2.13. The summed E-state index contributed by atoms with van der Waals surface area (Å²) in [6.45, 7) is 11.6. The van der Waals surface area contributed by atoms with Gasteiger partial charge < -0.3 is 19.7 Å². The molecule has 0 radical (unpaired) electrons. The molecule has 0 spiro atoms. The normalized spacial score (nSPS) is 18.7. The number of benzene rings is 2. The second-order valence-corrected chi connectivity index (χ2v) is 7.95. The van der Waals surface area contributed by atoms with E-state index in [2.05, 4.69) is 13.2 Å². The van der Waals surface area contributed by atoms with Gasteiger partial charge in [0.1, 0.15) is 23.7 Å². The van der Waals surface area contributed by atoms with Crippen molar-refractivity contribution in [2.75, 3.05) is 0 Å². The summed E-state index contributed by atoms with van der Waals surface area (Å²) < 4.78 is 12.2. The number of ether oxygens (including phenoxy) is 2. The van der Waals surface area contributed by atoms with Gasteiger partial charge in [-0.05, 0) is 60.4 Å². The molecule has 0 aromatic heterocycles. The summed E-state index contributed by atoms with van der Waals surface area (Å²) in [5, 5.41) is 19.2. The summed E-state index contributed by atoms with van der Waals surface area (Å²) in [5.74, 6) is -1.05. The third-order valence-electron chi connectivity index (χ3n) is 5.55. The van der Waals surface area contributed by atoms with Crippen LogP contribution in [0.5, 0.6) is 11.5 Å². The molecule has 2 aliphatic heterocycles. The minimum absolute atomic E-state index is 0.110. The van der Waals surface area contributed by atoms with Crippen molar-refractivity contribution in [1.29, 1.82) is 0 Å². The Hall–Kier alpha value is -3.54. The molecule has 0 aliphatic carbocycles. The van der Waals surface area contributed by atoms with Crippen molar-refractivity contribution in [1.82, 2.24) is 0 Å². The van der Waals surface area contributed by atoms with Crippen LogP contribution in [0.4, 0.5) is 0 Å². The maximum atomic E-state index is 11.8. The largest absolute Gasteiger partial charge is 0.485 e. The lowest BCUT2D eigenvalue weighted by atomic mass is 9.93. The Morgan fingerprint density at radius 2 is 1.17 bits per heavy atom. The summed E-state index contributed by atoms with van der Waals surface area (Å²) in [5.41, 5.74) is 4.40. The molecule has 2 aromatic rings. The van der Waals surface area contributed by atoms with E-state index in [0.29, 0.717) is 35.5 Å². The van der Waals surface area contributed by atoms with Crippen molar-refractivity contribution in [3.05, 3.63) is 70.8 Å². The molecule has 2 atom stereocenters. The molecule has 2 heterocycles. The second-order valence-electron chi connectivity index (χ2n) is 7.95. The van der Waals surface area contributed by atoms with Crippen LogP contribution in [-0.2, 0) is 12.8 Å². The van der Waals surface area contributed by atoms with E-state index in [4.69, 9.17) is 9.47 Å². The minimum atomic E-state index is -1.07. The molecule has 2 N–H and O–H groups in total. The third kappa shape index (κ3) is 3.24. The van der Waals surface area contributed by atoms with Gasteiger partial charge in [-0.25, -0.2) is 9.59 Å². The molecule has 0 saturated carbocycles. The summed E-state index contributed by atoms with van der Waals surface area (Å²) in [4.78, 5) is 23.5. The predicted octanol–water partition coefficient (Wildman–Crippen LogP) is 4.51. The third-order valence-corrected chi connectivity index (χ3v) is 5.55. The Bertz CT molecular complexity index is 1040. The highest BCUT2D eigenvalue weighted by molar-refractivity contribution is 5.95. The summed E-state index contributed by atoms with van der Waals surface area (Å²) in [6, 6.07) is 6.23. The first-order valence-electron chi connectivity index (χ1n) is 9.60. The minimum Gasteiger partial charge on any atom is -0.485 e. The van der Waals surface area contributed by atoms with Crippen LogP contribution >= 0.6 is 0 Å². The summed E-state index contributed by atoms with van der Waals surface area (Å²) in [6.07, 6.45) is 0.495. The van der Waals surface area contributed by atoms with Gasteiger partial charge in [0.05, 0.1) is 11.1 Å². The number of hydrogen-bond donors (Lipinski definition) is 2. The molecule has 0 amide bonds. The Morgan fingerprint density at radius 1 is 0.800 bits per heavy atom. The number of rotatable bonds is 5. The molecule has 4 rings (SSSR count). The maximum Gasteiger partial charge on any atom is 0.335 e. The summed E-state index contributed by atoms with van der Waals surface area (Å²) >= 11 is 0. The van der Waals surface area contributed by atoms with Crippen molar-refractivity contribution < 1.29 is 29.3 Å². The van der Waals surface area contributed by atoms with Gasteiger partial charge in [0.15, 0.2) is 0 Å². The fraction of sp³-hybridized carbons (Fsp3) is 0.250. The average molecular weight is 406 g/mol. The lowest BCUT2D eigenvalue weighted by molar-refractivity contribution is 0.0686. The molecular formula is C24H22O6. The first-order chi connectivity index (χ1) is 14.2. The lowest BCUT2D eigenvalue weighted by Gasteiger charge is -2.17. The van der Waals surface area contributed by atoms with E-state index in [0.717, 1.165) is 22.3 Å². The van der Waals surface area contributed by atoms with Crippen LogP contribution in [0.1, 0.15) is 45.7 Å².